The highest BCUT2D eigenvalue weighted by Crippen LogP contribution is 2.03. The van der Waals surface area contributed by atoms with Crippen LogP contribution in [-0.4, -0.2) is 16.8 Å². The van der Waals surface area contributed by atoms with E-state index in [-0.39, 0.29) is 6.54 Å². The van der Waals surface area contributed by atoms with E-state index in [1.165, 1.54) is 18.7 Å². The molecule has 18 heavy (non-hydrogen) atoms. The average molecular weight is 245 g/mol. The summed E-state index contributed by atoms with van der Waals surface area (Å²) in [4.78, 5) is 26.8. The molecule has 0 aromatic carbocycles. The van der Waals surface area contributed by atoms with Gasteiger partial charge in [0.1, 0.15) is 5.76 Å². The third kappa shape index (κ3) is 3.18. The van der Waals surface area contributed by atoms with E-state index in [0.29, 0.717) is 11.4 Å². The number of hydrogen-bond acceptors (Lipinski definition) is 4. The molecule has 0 atom stereocenters. The number of amides is 2. The van der Waals surface area contributed by atoms with Crippen LogP contribution in [0.25, 0.3) is 0 Å². The van der Waals surface area contributed by atoms with Gasteiger partial charge in [-0.15, -0.1) is 0 Å². The summed E-state index contributed by atoms with van der Waals surface area (Å²) in [5, 5.41) is 4.89. The van der Waals surface area contributed by atoms with Crippen molar-refractivity contribution in [2.24, 2.45) is 0 Å². The molecule has 2 rings (SSSR count). The molecule has 2 N–H and O–H groups in total. The number of nitrogens with one attached hydrogen (secondary N) is 2. The number of rotatable bonds is 3. The van der Waals surface area contributed by atoms with E-state index in [1.54, 1.807) is 24.3 Å². The van der Waals surface area contributed by atoms with Crippen LogP contribution in [-0.2, 0) is 16.1 Å². The minimum absolute atomic E-state index is 0.176. The highest BCUT2D eigenvalue weighted by atomic mass is 16.3. The Balaban J connectivity index is 1.84. The first kappa shape index (κ1) is 11.8. The third-order valence-electron chi connectivity index (χ3n) is 2.15. The molecule has 6 nitrogen and oxygen atoms in total. The van der Waals surface area contributed by atoms with Gasteiger partial charge in [0.25, 0.3) is 0 Å². The Morgan fingerprint density at radius 1 is 1.17 bits per heavy atom. The molecule has 0 bridgehead atoms. The number of pyridine rings is 1. The first-order valence-electron chi connectivity index (χ1n) is 5.27. The van der Waals surface area contributed by atoms with Crippen molar-refractivity contribution in [2.45, 2.75) is 6.54 Å². The van der Waals surface area contributed by atoms with Crippen LogP contribution in [0.3, 0.4) is 0 Å². The van der Waals surface area contributed by atoms with Crippen LogP contribution in [0.2, 0.25) is 0 Å². The van der Waals surface area contributed by atoms with Crippen molar-refractivity contribution in [3.8, 4) is 0 Å². The Kier molecular flexibility index (Phi) is 3.70. The number of carbonyl (C=O) groups excluding carboxylic acids is 2. The summed E-state index contributed by atoms with van der Waals surface area (Å²) >= 11 is 0. The normalized spacial score (nSPS) is 9.78. The molecule has 0 fully saturated rings. The maximum absolute atomic E-state index is 11.5. The molecule has 0 saturated carbocycles. The zero-order valence-electron chi connectivity index (χ0n) is 9.42. The van der Waals surface area contributed by atoms with Gasteiger partial charge in [0.2, 0.25) is 0 Å². The van der Waals surface area contributed by atoms with E-state index < -0.39 is 11.8 Å². The van der Waals surface area contributed by atoms with Crippen LogP contribution < -0.4 is 10.6 Å². The van der Waals surface area contributed by atoms with Gasteiger partial charge < -0.3 is 15.1 Å². The Morgan fingerprint density at radius 2 is 1.94 bits per heavy atom. The number of aromatic nitrogens is 1. The number of carbonyl (C=O) groups is 2. The van der Waals surface area contributed by atoms with Gasteiger partial charge in [0.05, 0.1) is 12.8 Å². The second-order valence-electron chi connectivity index (χ2n) is 3.45. The molecule has 2 heterocycles. The van der Waals surface area contributed by atoms with Crippen molar-refractivity contribution in [1.29, 1.82) is 0 Å². The SMILES string of the molecule is O=C(NCc1ccco1)C(=O)Nc1ccncc1. The van der Waals surface area contributed by atoms with Crippen molar-refractivity contribution in [1.82, 2.24) is 10.3 Å². The summed E-state index contributed by atoms with van der Waals surface area (Å²) < 4.78 is 5.03. The molecule has 2 aromatic rings. The van der Waals surface area contributed by atoms with Crippen LogP contribution in [0.15, 0.2) is 47.3 Å². The molecular formula is C12H11N3O3. The molecule has 0 aliphatic rings. The van der Waals surface area contributed by atoms with Gasteiger partial charge in [-0.25, -0.2) is 0 Å². The molecule has 92 valence electrons. The van der Waals surface area contributed by atoms with Crippen LogP contribution >= 0.6 is 0 Å². The summed E-state index contributed by atoms with van der Waals surface area (Å²) in [5.41, 5.74) is 0.517. The Labute approximate surface area is 103 Å². The van der Waals surface area contributed by atoms with Crippen molar-refractivity contribution in [3.05, 3.63) is 48.7 Å². The predicted molar refractivity (Wildman–Crippen MR) is 63.4 cm³/mol. The summed E-state index contributed by atoms with van der Waals surface area (Å²) in [5.74, 6) is -0.865. The zero-order chi connectivity index (χ0) is 12.8. The zero-order valence-corrected chi connectivity index (χ0v) is 9.42. The van der Waals surface area contributed by atoms with Crippen LogP contribution in [0, 0.1) is 0 Å². The minimum atomic E-state index is -0.729. The number of furan rings is 1. The molecule has 0 saturated heterocycles. The molecule has 6 heteroatoms. The monoisotopic (exact) mass is 245 g/mol. The second-order valence-corrected chi connectivity index (χ2v) is 3.45. The topological polar surface area (TPSA) is 84.2 Å². The highest BCUT2D eigenvalue weighted by Gasteiger charge is 2.13. The summed E-state index contributed by atoms with van der Waals surface area (Å²) in [6, 6.07) is 6.61. The van der Waals surface area contributed by atoms with E-state index in [1.807, 2.05) is 0 Å². The smallest absolute Gasteiger partial charge is 0.313 e. The molecule has 0 radical (unpaired) electrons. The Hall–Kier alpha value is -2.63. The van der Waals surface area contributed by atoms with Crippen LogP contribution in [0.5, 0.6) is 0 Å². The van der Waals surface area contributed by atoms with E-state index in [2.05, 4.69) is 15.6 Å². The maximum Gasteiger partial charge on any atom is 0.313 e. The number of nitrogens with zero attached hydrogens (tertiary/aromatic N) is 1. The third-order valence-corrected chi connectivity index (χ3v) is 2.15. The molecule has 0 spiro atoms. The lowest BCUT2D eigenvalue weighted by Crippen LogP contribution is -2.34. The van der Waals surface area contributed by atoms with Crippen molar-refractivity contribution >= 4 is 17.5 Å². The Bertz CT molecular complexity index is 523. The van der Waals surface area contributed by atoms with E-state index in [4.69, 9.17) is 4.42 Å². The van der Waals surface area contributed by atoms with Crippen LogP contribution in [0.4, 0.5) is 5.69 Å². The lowest BCUT2D eigenvalue weighted by Gasteiger charge is -2.04. The molecule has 0 aliphatic heterocycles. The summed E-state index contributed by atoms with van der Waals surface area (Å²) in [6.45, 7) is 0.176. The van der Waals surface area contributed by atoms with Gasteiger partial charge in [-0.3, -0.25) is 14.6 Å². The average Bonchev–Trinajstić information content (AvgIpc) is 2.90. The first-order chi connectivity index (χ1) is 8.75. The lowest BCUT2D eigenvalue weighted by atomic mass is 10.4. The molecule has 0 unspecified atom stereocenters. The fraction of sp³-hybridized carbons (Fsp3) is 0.0833. The van der Waals surface area contributed by atoms with Gasteiger partial charge in [-0.2, -0.15) is 0 Å². The van der Waals surface area contributed by atoms with Gasteiger partial charge >= 0.3 is 11.8 Å². The van der Waals surface area contributed by atoms with Gasteiger partial charge in [0, 0.05) is 18.1 Å². The molecule has 0 aliphatic carbocycles. The van der Waals surface area contributed by atoms with E-state index >= 15 is 0 Å². The number of hydrogen-bond donors (Lipinski definition) is 2. The standard InChI is InChI=1S/C12H11N3O3/c16-11(14-8-10-2-1-7-18-10)12(17)15-9-3-5-13-6-4-9/h1-7H,8H2,(H,14,16)(H,13,15,17). The molecular weight excluding hydrogens is 234 g/mol. The minimum Gasteiger partial charge on any atom is -0.467 e. The largest absolute Gasteiger partial charge is 0.467 e. The van der Waals surface area contributed by atoms with E-state index in [0.717, 1.165) is 0 Å². The predicted octanol–water partition coefficient (Wildman–Crippen LogP) is 0.929. The van der Waals surface area contributed by atoms with Crippen LogP contribution in [0.1, 0.15) is 5.76 Å². The lowest BCUT2D eigenvalue weighted by molar-refractivity contribution is -0.136. The maximum atomic E-state index is 11.5. The summed E-state index contributed by atoms with van der Waals surface area (Å²) in [6.07, 6.45) is 4.55. The highest BCUT2D eigenvalue weighted by molar-refractivity contribution is 6.39. The van der Waals surface area contributed by atoms with E-state index in [9.17, 15) is 9.59 Å². The van der Waals surface area contributed by atoms with Crippen molar-refractivity contribution < 1.29 is 14.0 Å². The quantitative estimate of drug-likeness (QED) is 0.788. The van der Waals surface area contributed by atoms with Gasteiger partial charge in [-0.1, -0.05) is 0 Å². The fourth-order valence-electron chi connectivity index (χ4n) is 1.28. The van der Waals surface area contributed by atoms with Gasteiger partial charge in [0.15, 0.2) is 0 Å². The Morgan fingerprint density at radius 3 is 2.61 bits per heavy atom. The summed E-state index contributed by atoms with van der Waals surface area (Å²) in [7, 11) is 0. The van der Waals surface area contributed by atoms with Crippen molar-refractivity contribution in [3.63, 3.8) is 0 Å². The molecule has 2 aromatic heterocycles. The van der Waals surface area contributed by atoms with Crippen molar-refractivity contribution in [2.75, 3.05) is 5.32 Å². The van der Waals surface area contributed by atoms with Gasteiger partial charge in [-0.05, 0) is 24.3 Å². The first-order valence-corrected chi connectivity index (χ1v) is 5.27. The second kappa shape index (κ2) is 5.62. The molecule has 2 amide bonds. The number of anilines is 1. The fourth-order valence-corrected chi connectivity index (χ4v) is 1.28.